The molecule has 1 saturated carbocycles. The highest BCUT2D eigenvalue weighted by atomic mass is 19.1. The molecule has 182 valence electrons. The van der Waals surface area contributed by atoms with Gasteiger partial charge in [0.2, 0.25) is 5.91 Å². The van der Waals surface area contributed by atoms with Crippen LogP contribution in [-0.4, -0.2) is 64.6 Å². The first-order valence-electron chi connectivity index (χ1n) is 12.0. The summed E-state index contributed by atoms with van der Waals surface area (Å²) in [5, 5.41) is 0. The van der Waals surface area contributed by atoms with Gasteiger partial charge in [-0.15, -0.1) is 0 Å². The van der Waals surface area contributed by atoms with Crippen LogP contribution in [0.1, 0.15) is 42.9 Å². The molecule has 0 radical (unpaired) electrons. The maximum absolute atomic E-state index is 14.5. The van der Waals surface area contributed by atoms with E-state index in [-0.39, 0.29) is 30.6 Å². The Morgan fingerprint density at radius 2 is 1.69 bits per heavy atom. The van der Waals surface area contributed by atoms with Crippen molar-refractivity contribution >= 4 is 23.3 Å². The molecule has 1 aliphatic carbocycles. The van der Waals surface area contributed by atoms with Crippen molar-refractivity contribution in [3.05, 3.63) is 77.4 Å². The first kappa shape index (κ1) is 23.2. The molecule has 8 heteroatoms. The third-order valence-corrected chi connectivity index (χ3v) is 6.91. The number of nitrogens with zero attached hydrogens (tertiary/aromatic N) is 3. The fourth-order valence-electron chi connectivity index (χ4n) is 4.87. The molecule has 0 bridgehead atoms. The second kappa shape index (κ2) is 9.60. The summed E-state index contributed by atoms with van der Waals surface area (Å²) in [7, 11) is 0. The molecule has 3 aliphatic rings. The molecule has 2 aromatic rings. The van der Waals surface area contributed by atoms with Gasteiger partial charge >= 0.3 is 11.8 Å². The van der Waals surface area contributed by atoms with E-state index in [1.165, 1.54) is 9.80 Å². The molecule has 35 heavy (non-hydrogen) atoms. The zero-order valence-corrected chi connectivity index (χ0v) is 19.3. The van der Waals surface area contributed by atoms with Crippen molar-refractivity contribution in [2.75, 3.05) is 26.2 Å². The number of amides is 3. The molecular weight excluding hydrogens is 452 g/mol. The highest BCUT2D eigenvalue weighted by molar-refractivity contribution is 6.35. The van der Waals surface area contributed by atoms with Crippen LogP contribution in [-0.2, 0) is 14.4 Å². The van der Waals surface area contributed by atoms with Gasteiger partial charge < -0.3 is 14.7 Å². The van der Waals surface area contributed by atoms with Gasteiger partial charge in [-0.2, -0.15) is 0 Å². The number of halogens is 2. The maximum atomic E-state index is 14.5. The quantitative estimate of drug-likeness (QED) is 0.617. The molecule has 2 heterocycles. The number of carbonyl (C=O) groups excluding carboxylic acids is 3. The van der Waals surface area contributed by atoms with Crippen LogP contribution in [0, 0.1) is 11.6 Å². The number of rotatable bonds is 5. The molecular formula is C27H27F2N3O3. The van der Waals surface area contributed by atoms with Crippen LogP contribution in [0.2, 0.25) is 0 Å². The monoisotopic (exact) mass is 479 g/mol. The molecule has 5 rings (SSSR count). The largest absolute Gasteiger partial charge is 0.341 e. The lowest BCUT2D eigenvalue weighted by atomic mass is 10.0. The van der Waals surface area contributed by atoms with Crippen LogP contribution < -0.4 is 0 Å². The molecule has 2 aromatic carbocycles. The van der Waals surface area contributed by atoms with Crippen molar-refractivity contribution in [2.45, 2.75) is 37.8 Å². The van der Waals surface area contributed by atoms with Crippen LogP contribution in [0.5, 0.6) is 0 Å². The average molecular weight is 480 g/mol. The minimum Gasteiger partial charge on any atom is -0.341 e. The van der Waals surface area contributed by atoms with Crippen LogP contribution in [0.3, 0.4) is 0 Å². The van der Waals surface area contributed by atoms with Crippen LogP contribution in [0.25, 0.3) is 5.57 Å². The van der Waals surface area contributed by atoms with Gasteiger partial charge in [0.1, 0.15) is 18.2 Å². The van der Waals surface area contributed by atoms with Gasteiger partial charge in [0.05, 0.1) is 6.04 Å². The lowest BCUT2D eigenvalue weighted by Gasteiger charge is -2.29. The smallest absolute Gasteiger partial charge is 0.313 e. The van der Waals surface area contributed by atoms with E-state index in [4.69, 9.17) is 0 Å². The van der Waals surface area contributed by atoms with Gasteiger partial charge in [0, 0.05) is 31.2 Å². The fraction of sp³-hybridized carbons (Fsp3) is 0.370. The molecule has 1 saturated heterocycles. The Bertz CT molecular complexity index is 1170. The summed E-state index contributed by atoms with van der Waals surface area (Å²) >= 11 is 0. The predicted octanol–water partition coefficient (Wildman–Crippen LogP) is 3.55. The Morgan fingerprint density at radius 1 is 0.971 bits per heavy atom. The van der Waals surface area contributed by atoms with E-state index in [0.717, 1.165) is 49.4 Å². The van der Waals surface area contributed by atoms with E-state index in [1.54, 1.807) is 11.0 Å². The molecule has 2 fully saturated rings. The SMILES string of the molecule is O=C(CN(C(=O)C(=O)N1CC(c2cc(F)ccc2F)=C[C@H]1c1ccccc1)C1CC1)N1CCCC1. The minimum atomic E-state index is -0.747. The normalized spacial score (nSPS) is 19.6. The molecule has 3 amide bonds. The summed E-state index contributed by atoms with van der Waals surface area (Å²) in [4.78, 5) is 44.2. The molecule has 0 N–H and O–H groups in total. The summed E-state index contributed by atoms with van der Waals surface area (Å²) in [6, 6.07) is 11.6. The maximum Gasteiger partial charge on any atom is 0.313 e. The Kier molecular flexibility index (Phi) is 6.36. The lowest BCUT2D eigenvalue weighted by molar-refractivity contribution is -0.154. The van der Waals surface area contributed by atoms with Gasteiger partial charge in [0.25, 0.3) is 0 Å². The van der Waals surface area contributed by atoms with Crippen molar-refractivity contribution in [3.8, 4) is 0 Å². The predicted molar refractivity (Wildman–Crippen MR) is 126 cm³/mol. The van der Waals surface area contributed by atoms with E-state index in [0.29, 0.717) is 18.7 Å². The van der Waals surface area contributed by atoms with Crippen molar-refractivity contribution in [3.63, 3.8) is 0 Å². The number of hydrogen-bond donors (Lipinski definition) is 0. The first-order valence-corrected chi connectivity index (χ1v) is 12.0. The van der Waals surface area contributed by atoms with Crippen molar-refractivity contribution < 1.29 is 23.2 Å². The number of hydrogen-bond acceptors (Lipinski definition) is 3. The first-order chi connectivity index (χ1) is 16.9. The highest BCUT2D eigenvalue weighted by Crippen LogP contribution is 2.36. The van der Waals surface area contributed by atoms with Gasteiger partial charge in [-0.3, -0.25) is 14.4 Å². The Hall–Kier alpha value is -3.55. The second-order valence-corrected chi connectivity index (χ2v) is 9.36. The molecule has 2 aliphatic heterocycles. The van der Waals surface area contributed by atoms with Gasteiger partial charge in [0.15, 0.2) is 0 Å². The topological polar surface area (TPSA) is 60.9 Å². The van der Waals surface area contributed by atoms with Gasteiger partial charge in [-0.25, -0.2) is 8.78 Å². The Balaban J connectivity index is 1.41. The highest BCUT2D eigenvalue weighted by Gasteiger charge is 2.42. The number of carbonyl (C=O) groups is 3. The lowest BCUT2D eigenvalue weighted by Crippen LogP contribution is -2.49. The molecule has 0 spiro atoms. The van der Waals surface area contributed by atoms with Crippen LogP contribution in [0.15, 0.2) is 54.6 Å². The summed E-state index contributed by atoms with van der Waals surface area (Å²) in [6.45, 7) is 1.20. The van der Waals surface area contributed by atoms with Gasteiger partial charge in [-0.1, -0.05) is 36.4 Å². The minimum absolute atomic E-state index is 0.0386. The fourth-order valence-corrected chi connectivity index (χ4v) is 4.87. The van der Waals surface area contributed by atoms with Crippen molar-refractivity contribution in [1.29, 1.82) is 0 Å². The molecule has 0 unspecified atom stereocenters. The van der Waals surface area contributed by atoms with Crippen molar-refractivity contribution in [2.24, 2.45) is 0 Å². The standard InChI is InChI=1S/C27H27F2N3O3/c28-20-8-11-23(29)22(15-20)19-14-24(18-6-2-1-3-7-18)32(16-19)27(35)26(34)31(21-9-10-21)17-25(33)30-12-4-5-13-30/h1-3,6-8,11,14-15,21,24H,4-5,9-10,12-13,16-17H2/t24-/m0/s1. The van der Waals surface area contributed by atoms with E-state index in [2.05, 4.69) is 0 Å². The van der Waals surface area contributed by atoms with Crippen molar-refractivity contribution in [1.82, 2.24) is 14.7 Å². The van der Waals surface area contributed by atoms with E-state index in [9.17, 15) is 23.2 Å². The number of likely N-dealkylation sites (tertiary alicyclic amines) is 1. The zero-order valence-electron chi connectivity index (χ0n) is 19.3. The summed E-state index contributed by atoms with van der Waals surface area (Å²) in [5.41, 5.74) is 1.26. The average Bonchev–Trinajstić information content (AvgIpc) is 3.37. The summed E-state index contributed by atoms with van der Waals surface area (Å²) in [5.74, 6) is -2.80. The number of benzene rings is 2. The summed E-state index contributed by atoms with van der Waals surface area (Å²) < 4.78 is 28.4. The Labute approximate surface area is 202 Å². The molecule has 1 atom stereocenters. The van der Waals surface area contributed by atoms with E-state index < -0.39 is 29.5 Å². The van der Waals surface area contributed by atoms with Gasteiger partial charge in [-0.05, 0) is 55.0 Å². The van der Waals surface area contributed by atoms with E-state index >= 15 is 0 Å². The molecule has 6 nitrogen and oxygen atoms in total. The molecule has 0 aromatic heterocycles. The third-order valence-electron chi connectivity index (χ3n) is 6.91. The second-order valence-electron chi connectivity index (χ2n) is 9.36. The van der Waals surface area contributed by atoms with E-state index in [1.807, 2.05) is 30.3 Å². The van der Waals surface area contributed by atoms with Crippen LogP contribution >= 0.6 is 0 Å². The third kappa shape index (κ3) is 4.83. The summed E-state index contributed by atoms with van der Waals surface area (Å²) in [6.07, 6.45) is 5.10. The Morgan fingerprint density at radius 3 is 2.37 bits per heavy atom. The zero-order chi connectivity index (χ0) is 24.5. The van der Waals surface area contributed by atoms with Crippen LogP contribution in [0.4, 0.5) is 8.78 Å².